The Balaban J connectivity index is 2.17. The van der Waals surface area contributed by atoms with Crippen molar-refractivity contribution in [1.82, 2.24) is 0 Å². The summed E-state index contributed by atoms with van der Waals surface area (Å²) < 4.78 is 0. The number of para-hydroxylation sites is 2. The molecule has 0 aromatic heterocycles. The quantitative estimate of drug-likeness (QED) is 0.803. The van der Waals surface area contributed by atoms with Crippen LogP contribution < -0.4 is 10.2 Å². The summed E-state index contributed by atoms with van der Waals surface area (Å²) in [6.45, 7) is 10.3. The Hall–Kier alpha value is -1.18. The van der Waals surface area contributed by atoms with Crippen molar-refractivity contribution in [3.05, 3.63) is 24.3 Å². The zero-order valence-electron chi connectivity index (χ0n) is 12.0. The molecule has 100 valence electrons. The molecule has 1 aromatic carbocycles. The van der Waals surface area contributed by atoms with Crippen LogP contribution in [0.3, 0.4) is 0 Å². The Labute approximate surface area is 111 Å². The van der Waals surface area contributed by atoms with E-state index < -0.39 is 0 Å². The van der Waals surface area contributed by atoms with Gasteiger partial charge >= 0.3 is 0 Å². The lowest BCUT2D eigenvalue weighted by atomic mass is 9.93. The molecule has 0 amide bonds. The molecule has 0 atom stereocenters. The zero-order valence-corrected chi connectivity index (χ0v) is 12.0. The lowest BCUT2D eigenvalue weighted by Gasteiger charge is -2.31. The first-order valence-electron chi connectivity index (χ1n) is 7.20. The van der Waals surface area contributed by atoms with Crippen LogP contribution in [0.2, 0.25) is 0 Å². The highest BCUT2D eigenvalue weighted by molar-refractivity contribution is 5.71. The van der Waals surface area contributed by atoms with Gasteiger partial charge in [0.15, 0.2) is 0 Å². The fourth-order valence-corrected chi connectivity index (χ4v) is 2.64. The van der Waals surface area contributed by atoms with Crippen molar-refractivity contribution in [2.45, 2.75) is 40.0 Å². The summed E-state index contributed by atoms with van der Waals surface area (Å²) in [4.78, 5) is 2.56. The van der Waals surface area contributed by atoms with Crippen molar-refractivity contribution in [2.24, 2.45) is 5.41 Å². The van der Waals surface area contributed by atoms with Crippen LogP contribution in [-0.4, -0.2) is 19.6 Å². The predicted molar refractivity (Wildman–Crippen MR) is 80.5 cm³/mol. The van der Waals surface area contributed by atoms with E-state index in [1.165, 1.54) is 37.2 Å². The fourth-order valence-electron chi connectivity index (χ4n) is 2.64. The van der Waals surface area contributed by atoms with Crippen LogP contribution in [0.4, 0.5) is 11.4 Å². The van der Waals surface area contributed by atoms with Crippen molar-refractivity contribution in [3.63, 3.8) is 0 Å². The van der Waals surface area contributed by atoms with Gasteiger partial charge in [0.05, 0.1) is 11.4 Å². The van der Waals surface area contributed by atoms with Gasteiger partial charge in [-0.3, -0.25) is 0 Å². The van der Waals surface area contributed by atoms with Gasteiger partial charge in [-0.2, -0.15) is 0 Å². The van der Waals surface area contributed by atoms with E-state index in [1.807, 2.05) is 0 Å². The van der Waals surface area contributed by atoms with E-state index >= 15 is 0 Å². The molecule has 18 heavy (non-hydrogen) atoms. The first kappa shape index (κ1) is 13.3. The number of nitrogens with zero attached hydrogens (tertiary/aromatic N) is 1. The number of anilines is 2. The van der Waals surface area contributed by atoms with E-state index in [0.29, 0.717) is 5.41 Å². The minimum absolute atomic E-state index is 0.325. The lowest BCUT2D eigenvalue weighted by molar-refractivity contribution is 0.393. The van der Waals surface area contributed by atoms with E-state index in [4.69, 9.17) is 0 Å². The largest absolute Gasteiger partial charge is 0.383 e. The third kappa shape index (κ3) is 3.18. The zero-order chi connectivity index (χ0) is 13.0. The Morgan fingerprint density at radius 2 is 2.00 bits per heavy atom. The van der Waals surface area contributed by atoms with Crippen LogP contribution in [0.5, 0.6) is 0 Å². The highest BCUT2D eigenvalue weighted by Crippen LogP contribution is 2.33. The van der Waals surface area contributed by atoms with Gasteiger partial charge in [-0.1, -0.05) is 45.7 Å². The second kappa shape index (κ2) is 5.64. The average Bonchev–Trinajstić information content (AvgIpc) is 2.48. The predicted octanol–water partition coefficient (Wildman–Crippen LogP) is 4.13. The second-order valence-electron chi connectivity index (χ2n) is 6.16. The third-order valence-electron chi connectivity index (χ3n) is 3.65. The SMILES string of the molecule is CCCCCN1CC(C)(C)CNc2ccccc21. The molecule has 0 saturated heterocycles. The van der Waals surface area contributed by atoms with E-state index in [0.717, 1.165) is 13.1 Å². The number of unbranched alkanes of at least 4 members (excludes halogenated alkanes) is 2. The number of nitrogens with one attached hydrogen (secondary N) is 1. The molecule has 0 saturated carbocycles. The summed E-state index contributed by atoms with van der Waals surface area (Å²) >= 11 is 0. The summed E-state index contributed by atoms with van der Waals surface area (Å²) in [6, 6.07) is 8.71. The minimum Gasteiger partial charge on any atom is -0.383 e. The molecule has 0 aliphatic carbocycles. The van der Waals surface area contributed by atoms with Gasteiger partial charge in [0.2, 0.25) is 0 Å². The maximum atomic E-state index is 3.59. The molecule has 2 heteroatoms. The van der Waals surface area contributed by atoms with Gasteiger partial charge in [0.1, 0.15) is 0 Å². The van der Waals surface area contributed by atoms with Gasteiger partial charge in [-0.15, -0.1) is 0 Å². The van der Waals surface area contributed by atoms with Gasteiger partial charge < -0.3 is 10.2 Å². The van der Waals surface area contributed by atoms with Crippen molar-refractivity contribution in [1.29, 1.82) is 0 Å². The first-order chi connectivity index (χ1) is 8.62. The molecule has 1 heterocycles. The Morgan fingerprint density at radius 3 is 2.78 bits per heavy atom. The number of rotatable bonds is 4. The van der Waals surface area contributed by atoms with E-state index in [1.54, 1.807) is 0 Å². The van der Waals surface area contributed by atoms with Crippen molar-refractivity contribution in [3.8, 4) is 0 Å². The van der Waals surface area contributed by atoms with Crippen LogP contribution in [0.25, 0.3) is 0 Å². The molecule has 0 fully saturated rings. The minimum atomic E-state index is 0.325. The molecule has 1 aromatic rings. The summed E-state index contributed by atoms with van der Waals surface area (Å²) in [5, 5.41) is 3.59. The maximum absolute atomic E-state index is 3.59. The van der Waals surface area contributed by atoms with Crippen molar-refractivity contribution in [2.75, 3.05) is 29.9 Å². The highest BCUT2D eigenvalue weighted by Gasteiger charge is 2.26. The maximum Gasteiger partial charge on any atom is 0.0602 e. The molecule has 1 aliphatic rings. The van der Waals surface area contributed by atoms with Crippen LogP contribution in [0.15, 0.2) is 24.3 Å². The molecule has 1 aliphatic heterocycles. The highest BCUT2D eigenvalue weighted by atomic mass is 15.2. The number of fused-ring (bicyclic) bond motifs is 1. The number of benzene rings is 1. The molecular weight excluding hydrogens is 220 g/mol. The van der Waals surface area contributed by atoms with Gasteiger partial charge in [-0.05, 0) is 24.0 Å². The standard InChI is InChI=1S/C16H26N2/c1-4-5-8-11-18-13-16(2,3)12-17-14-9-6-7-10-15(14)18/h6-7,9-10,17H,4-5,8,11-13H2,1-3H3. The van der Waals surface area contributed by atoms with Crippen molar-refractivity contribution >= 4 is 11.4 Å². The summed E-state index contributed by atoms with van der Waals surface area (Å²) in [5.74, 6) is 0. The molecule has 2 rings (SSSR count). The molecule has 0 radical (unpaired) electrons. The smallest absolute Gasteiger partial charge is 0.0602 e. The molecule has 0 bridgehead atoms. The molecule has 1 N–H and O–H groups in total. The van der Waals surface area contributed by atoms with Gasteiger partial charge in [-0.25, -0.2) is 0 Å². The molecular formula is C16H26N2. The Bertz CT molecular complexity index is 384. The molecule has 0 unspecified atom stereocenters. The monoisotopic (exact) mass is 246 g/mol. The Kier molecular flexibility index (Phi) is 4.15. The summed E-state index contributed by atoms with van der Waals surface area (Å²) in [6.07, 6.45) is 3.91. The summed E-state index contributed by atoms with van der Waals surface area (Å²) in [5.41, 5.74) is 2.99. The third-order valence-corrected chi connectivity index (χ3v) is 3.65. The lowest BCUT2D eigenvalue weighted by Crippen LogP contribution is -2.36. The fraction of sp³-hybridized carbons (Fsp3) is 0.625. The first-order valence-corrected chi connectivity index (χ1v) is 7.20. The van der Waals surface area contributed by atoms with E-state index in [2.05, 4.69) is 55.3 Å². The van der Waals surface area contributed by atoms with E-state index in [9.17, 15) is 0 Å². The number of hydrogen-bond donors (Lipinski definition) is 1. The van der Waals surface area contributed by atoms with E-state index in [-0.39, 0.29) is 0 Å². The van der Waals surface area contributed by atoms with Crippen LogP contribution in [-0.2, 0) is 0 Å². The molecule has 2 nitrogen and oxygen atoms in total. The van der Waals surface area contributed by atoms with Crippen LogP contribution >= 0.6 is 0 Å². The van der Waals surface area contributed by atoms with Crippen molar-refractivity contribution < 1.29 is 0 Å². The number of hydrogen-bond acceptors (Lipinski definition) is 2. The topological polar surface area (TPSA) is 15.3 Å². The van der Waals surface area contributed by atoms with Crippen LogP contribution in [0, 0.1) is 5.41 Å². The van der Waals surface area contributed by atoms with Gasteiger partial charge in [0, 0.05) is 19.6 Å². The Morgan fingerprint density at radius 1 is 1.22 bits per heavy atom. The average molecular weight is 246 g/mol. The van der Waals surface area contributed by atoms with Crippen LogP contribution in [0.1, 0.15) is 40.0 Å². The normalized spacial score (nSPS) is 17.8. The summed E-state index contributed by atoms with van der Waals surface area (Å²) in [7, 11) is 0. The molecule has 0 spiro atoms. The van der Waals surface area contributed by atoms with Gasteiger partial charge in [0.25, 0.3) is 0 Å². The second-order valence-corrected chi connectivity index (χ2v) is 6.16.